The van der Waals surface area contributed by atoms with Crippen molar-refractivity contribution in [3.63, 3.8) is 0 Å². The monoisotopic (exact) mass is 393 g/mol. The first kappa shape index (κ1) is 18.1. The second-order valence-corrected chi connectivity index (χ2v) is 5.99. The normalized spacial score (nSPS) is 10.2. The molecule has 2 rings (SSSR count). The molecule has 0 aliphatic carbocycles. The van der Waals surface area contributed by atoms with E-state index in [0.29, 0.717) is 29.4 Å². The third kappa shape index (κ3) is 3.64. The smallest absolute Gasteiger partial charge is 0.257 e. The Morgan fingerprint density at radius 2 is 1.67 bits per heavy atom. The van der Waals surface area contributed by atoms with Gasteiger partial charge in [-0.1, -0.05) is 34.1 Å². The number of nitrogens with zero attached hydrogens (tertiary/aromatic N) is 1. The number of ether oxygens (including phenoxy) is 3. The summed E-state index contributed by atoms with van der Waals surface area (Å²) in [5, 5.41) is 0. The Morgan fingerprint density at radius 1 is 1.00 bits per heavy atom. The molecule has 0 aliphatic rings. The number of hydrogen-bond donors (Lipinski definition) is 0. The van der Waals surface area contributed by atoms with Gasteiger partial charge in [-0.05, 0) is 23.8 Å². The molecule has 5 nitrogen and oxygen atoms in total. The van der Waals surface area contributed by atoms with Crippen LogP contribution in [0.25, 0.3) is 0 Å². The maximum Gasteiger partial charge on any atom is 0.257 e. The Morgan fingerprint density at radius 3 is 2.25 bits per heavy atom. The number of hydrogen-bond acceptors (Lipinski definition) is 4. The quantitative estimate of drug-likeness (QED) is 0.749. The first-order chi connectivity index (χ1) is 11.5. The van der Waals surface area contributed by atoms with Crippen LogP contribution in [0.5, 0.6) is 17.2 Å². The maximum absolute atomic E-state index is 12.8. The lowest BCUT2D eigenvalue weighted by Gasteiger charge is -2.21. The molecule has 0 fully saturated rings. The minimum absolute atomic E-state index is 0.163. The minimum Gasteiger partial charge on any atom is -0.493 e. The van der Waals surface area contributed by atoms with Gasteiger partial charge in [0.2, 0.25) is 5.75 Å². The van der Waals surface area contributed by atoms with Gasteiger partial charge >= 0.3 is 0 Å². The average molecular weight is 394 g/mol. The highest BCUT2D eigenvalue weighted by Gasteiger charge is 2.23. The van der Waals surface area contributed by atoms with Gasteiger partial charge in [-0.2, -0.15) is 0 Å². The fourth-order valence-electron chi connectivity index (χ4n) is 2.43. The molecule has 0 unspecified atom stereocenters. The molecule has 0 saturated carbocycles. The first-order valence-corrected chi connectivity index (χ1v) is 8.10. The van der Waals surface area contributed by atoms with Gasteiger partial charge in [0.25, 0.3) is 5.91 Å². The molecule has 1 amide bonds. The molecule has 0 saturated heterocycles. The van der Waals surface area contributed by atoms with Crippen LogP contribution in [-0.2, 0) is 6.54 Å². The lowest BCUT2D eigenvalue weighted by molar-refractivity contribution is 0.0780. The number of methoxy groups -OCH3 is 3. The van der Waals surface area contributed by atoms with E-state index in [1.807, 2.05) is 24.3 Å². The summed E-state index contributed by atoms with van der Waals surface area (Å²) in [7, 11) is 6.30. The lowest BCUT2D eigenvalue weighted by Crippen LogP contribution is -2.27. The van der Waals surface area contributed by atoms with Gasteiger partial charge < -0.3 is 19.1 Å². The van der Waals surface area contributed by atoms with Gasteiger partial charge in [0.1, 0.15) is 0 Å². The van der Waals surface area contributed by atoms with Gasteiger partial charge in [0.15, 0.2) is 11.5 Å². The second kappa shape index (κ2) is 8.06. The molecule has 2 aromatic carbocycles. The van der Waals surface area contributed by atoms with Crippen molar-refractivity contribution < 1.29 is 19.0 Å². The standard InChI is InChI=1S/C18H20BrNO4/c1-20(11-12-7-5-6-8-14(12)19)18(21)13-9-10-15(22-2)17(24-4)16(13)23-3/h5-10H,11H2,1-4H3. The molecule has 6 heteroatoms. The highest BCUT2D eigenvalue weighted by molar-refractivity contribution is 9.10. The molecule has 0 radical (unpaired) electrons. The van der Waals surface area contributed by atoms with E-state index in [1.54, 1.807) is 24.1 Å². The fraction of sp³-hybridized carbons (Fsp3) is 0.278. The van der Waals surface area contributed by atoms with Crippen molar-refractivity contribution >= 4 is 21.8 Å². The zero-order valence-corrected chi connectivity index (χ0v) is 15.7. The average Bonchev–Trinajstić information content (AvgIpc) is 2.61. The maximum atomic E-state index is 12.8. The summed E-state index contributed by atoms with van der Waals surface area (Å²) < 4.78 is 16.9. The Bertz CT molecular complexity index is 733. The fourth-order valence-corrected chi connectivity index (χ4v) is 2.84. The summed E-state index contributed by atoms with van der Waals surface area (Å²) in [6, 6.07) is 11.2. The van der Waals surface area contributed by atoms with Crippen LogP contribution in [0.2, 0.25) is 0 Å². The highest BCUT2D eigenvalue weighted by Crippen LogP contribution is 2.40. The Hall–Kier alpha value is -2.21. The number of rotatable bonds is 6. The van der Waals surface area contributed by atoms with Crippen molar-refractivity contribution in [3.05, 3.63) is 52.0 Å². The molecule has 0 aromatic heterocycles. The molecular weight excluding hydrogens is 374 g/mol. The molecule has 24 heavy (non-hydrogen) atoms. The largest absolute Gasteiger partial charge is 0.493 e. The molecule has 2 aromatic rings. The SMILES string of the molecule is COc1ccc(C(=O)N(C)Cc2ccccc2Br)c(OC)c1OC. The van der Waals surface area contributed by atoms with E-state index in [0.717, 1.165) is 10.0 Å². The van der Waals surface area contributed by atoms with Crippen LogP contribution in [0, 0.1) is 0 Å². The van der Waals surface area contributed by atoms with E-state index in [2.05, 4.69) is 15.9 Å². The van der Waals surface area contributed by atoms with Crippen molar-refractivity contribution in [1.82, 2.24) is 4.90 Å². The molecular formula is C18H20BrNO4. The topological polar surface area (TPSA) is 48.0 Å². The van der Waals surface area contributed by atoms with Gasteiger partial charge in [-0.3, -0.25) is 4.79 Å². The van der Waals surface area contributed by atoms with Crippen molar-refractivity contribution in [2.24, 2.45) is 0 Å². The van der Waals surface area contributed by atoms with Gasteiger partial charge in [-0.15, -0.1) is 0 Å². The predicted molar refractivity (Wildman–Crippen MR) is 96.0 cm³/mol. The molecule has 0 bridgehead atoms. The summed E-state index contributed by atoms with van der Waals surface area (Å²) >= 11 is 3.50. The predicted octanol–water partition coefficient (Wildman–Crippen LogP) is 3.75. The molecule has 0 atom stereocenters. The van der Waals surface area contributed by atoms with E-state index >= 15 is 0 Å². The Balaban J connectivity index is 2.33. The van der Waals surface area contributed by atoms with Crippen LogP contribution in [0.15, 0.2) is 40.9 Å². The van der Waals surface area contributed by atoms with Gasteiger partial charge in [0.05, 0.1) is 26.9 Å². The summed E-state index contributed by atoms with van der Waals surface area (Å²) in [6.07, 6.45) is 0. The third-order valence-corrected chi connectivity index (χ3v) is 4.42. The van der Waals surface area contributed by atoms with Crippen molar-refractivity contribution in [2.45, 2.75) is 6.54 Å². The van der Waals surface area contributed by atoms with Crippen LogP contribution in [0.4, 0.5) is 0 Å². The summed E-state index contributed by atoms with van der Waals surface area (Å²) in [5.74, 6) is 1.11. The summed E-state index contributed by atoms with van der Waals surface area (Å²) in [5.41, 5.74) is 1.44. The van der Waals surface area contributed by atoms with Crippen molar-refractivity contribution in [3.8, 4) is 17.2 Å². The van der Waals surface area contributed by atoms with Crippen molar-refractivity contribution in [2.75, 3.05) is 28.4 Å². The van der Waals surface area contributed by atoms with Crippen LogP contribution in [0.1, 0.15) is 15.9 Å². The number of amides is 1. The first-order valence-electron chi connectivity index (χ1n) is 7.31. The number of halogens is 1. The third-order valence-electron chi connectivity index (χ3n) is 3.65. The van der Waals surface area contributed by atoms with Gasteiger partial charge in [-0.25, -0.2) is 0 Å². The number of benzene rings is 2. The van der Waals surface area contributed by atoms with Crippen LogP contribution < -0.4 is 14.2 Å². The molecule has 0 heterocycles. The molecule has 128 valence electrons. The van der Waals surface area contributed by atoms with Gasteiger partial charge in [0, 0.05) is 18.1 Å². The van der Waals surface area contributed by atoms with E-state index in [4.69, 9.17) is 14.2 Å². The minimum atomic E-state index is -0.163. The highest BCUT2D eigenvalue weighted by atomic mass is 79.9. The van der Waals surface area contributed by atoms with E-state index in [1.165, 1.54) is 21.3 Å². The number of carbonyl (C=O) groups excluding carboxylic acids is 1. The second-order valence-electron chi connectivity index (χ2n) is 5.13. The summed E-state index contributed by atoms with van der Waals surface area (Å²) in [6.45, 7) is 0.470. The molecule has 0 N–H and O–H groups in total. The Labute approximate surface area is 150 Å². The van der Waals surface area contributed by atoms with E-state index in [-0.39, 0.29) is 5.91 Å². The van der Waals surface area contributed by atoms with Crippen LogP contribution in [-0.4, -0.2) is 39.2 Å². The van der Waals surface area contributed by atoms with E-state index in [9.17, 15) is 4.79 Å². The molecule has 0 aliphatic heterocycles. The van der Waals surface area contributed by atoms with Crippen LogP contribution in [0.3, 0.4) is 0 Å². The Kier molecular flexibility index (Phi) is 6.09. The van der Waals surface area contributed by atoms with Crippen LogP contribution >= 0.6 is 15.9 Å². The zero-order chi connectivity index (χ0) is 17.7. The number of carbonyl (C=O) groups is 1. The van der Waals surface area contributed by atoms with E-state index < -0.39 is 0 Å². The molecule has 0 spiro atoms. The lowest BCUT2D eigenvalue weighted by atomic mass is 10.1. The summed E-state index contributed by atoms with van der Waals surface area (Å²) in [4.78, 5) is 14.5. The van der Waals surface area contributed by atoms with Crippen molar-refractivity contribution in [1.29, 1.82) is 0 Å². The zero-order valence-electron chi connectivity index (χ0n) is 14.1.